The molecule has 1 N–H and O–H groups in total. The van der Waals surface area contributed by atoms with Crippen LogP contribution in [0.15, 0.2) is 41.0 Å². The predicted octanol–water partition coefficient (Wildman–Crippen LogP) is 2.51. The van der Waals surface area contributed by atoms with Gasteiger partial charge in [-0.3, -0.25) is 4.68 Å². The second-order valence-electron chi connectivity index (χ2n) is 4.00. The van der Waals surface area contributed by atoms with Crippen molar-refractivity contribution in [1.29, 1.82) is 0 Å². The molecule has 0 aliphatic heterocycles. The molecule has 0 spiro atoms. The second-order valence-corrected chi connectivity index (χ2v) is 4.92. The zero-order valence-electron chi connectivity index (χ0n) is 9.86. The maximum atomic E-state index is 4.15. The molecule has 0 saturated carbocycles. The van der Waals surface area contributed by atoms with E-state index in [1.165, 1.54) is 11.3 Å². The van der Waals surface area contributed by atoms with E-state index in [4.69, 9.17) is 0 Å². The molecule has 1 aromatic carbocycles. The first-order chi connectivity index (χ1) is 8.25. The minimum absolute atomic E-state index is 0.908. The van der Waals surface area contributed by atoms with Crippen molar-refractivity contribution in [3.8, 4) is 0 Å². The molecule has 0 amide bonds. The first-order valence-electron chi connectivity index (χ1n) is 5.68. The minimum Gasteiger partial charge on any atom is -0.312 e. The number of nitrogens with zero attached hydrogens (tertiary/aromatic N) is 2. The van der Waals surface area contributed by atoms with Crippen molar-refractivity contribution in [2.45, 2.75) is 13.0 Å². The summed E-state index contributed by atoms with van der Waals surface area (Å²) in [6, 6.07) is 10.4. The molecule has 0 fully saturated rings. The van der Waals surface area contributed by atoms with Gasteiger partial charge in [-0.1, -0.05) is 28.1 Å². The van der Waals surface area contributed by atoms with Gasteiger partial charge in [0.05, 0.1) is 0 Å². The minimum atomic E-state index is 0.908. The molecule has 0 bridgehead atoms. The van der Waals surface area contributed by atoms with E-state index in [1.54, 1.807) is 0 Å². The normalized spacial score (nSPS) is 10.7. The van der Waals surface area contributed by atoms with E-state index in [-0.39, 0.29) is 0 Å². The standard InChI is InChI=1S/C13H16BrN3/c1-17-13(7-9-16-17)6-8-15-10-11-2-4-12(14)5-3-11/h2-5,7,9,15H,6,8,10H2,1H3. The molecule has 0 radical (unpaired) electrons. The average Bonchev–Trinajstić information content (AvgIpc) is 2.73. The number of aryl methyl sites for hydroxylation is 1. The molecular formula is C13H16BrN3. The van der Waals surface area contributed by atoms with E-state index in [9.17, 15) is 0 Å². The Hall–Kier alpha value is -1.13. The Balaban J connectivity index is 1.73. The van der Waals surface area contributed by atoms with Crippen LogP contribution in [0.4, 0.5) is 0 Å². The predicted molar refractivity (Wildman–Crippen MR) is 72.8 cm³/mol. The van der Waals surface area contributed by atoms with Crippen molar-refractivity contribution in [2.24, 2.45) is 7.05 Å². The quantitative estimate of drug-likeness (QED) is 0.859. The van der Waals surface area contributed by atoms with Gasteiger partial charge >= 0.3 is 0 Å². The van der Waals surface area contributed by atoms with Gasteiger partial charge in [-0.25, -0.2) is 0 Å². The van der Waals surface area contributed by atoms with Gasteiger partial charge in [-0.2, -0.15) is 5.10 Å². The Morgan fingerprint density at radius 3 is 2.65 bits per heavy atom. The van der Waals surface area contributed by atoms with Crippen LogP contribution in [0.5, 0.6) is 0 Å². The van der Waals surface area contributed by atoms with E-state index in [2.05, 4.69) is 56.7 Å². The summed E-state index contributed by atoms with van der Waals surface area (Å²) >= 11 is 3.43. The summed E-state index contributed by atoms with van der Waals surface area (Å²) in [6.07, 6.45) is 2.84. The fourth-order valence-electron chi connectivity index (χ4n) is 1.70. The summed E-state index contributed by atoms with van der Waals surface area (Å²) in [4.78, 5) is 0. The molecule has 4 heteroatoms. The summed E-state index contributed by atoms with van der Waals surface area (Å²) in [6.45, 7) is 1.88. The maximum Gasteiger partial charge on any atom is 0.0492 e. The fourth-order valence-corrected chi connectivity index (χ4v) is 1.96. The van der Waals surface area contributed by atoms with Gasteiger partial charge in [-0.05, 0) is 23.8 Å². The van der Waals surface area contributed by atoms with Crippen molar-refractivity contribution in [3.05, 3.63) is 52.3 Å². The summed E-state index contributed by atoms with van der Waals surface area (Å²) in [5.41, 5.74) is 2.56. The van der Waals surface area contributed by atoms with Crippen molar-refractivity contribution in [2.75, 3.05) is 6.54 Å². The molecule has 2 aromatic rings. The highest BCUT2D eigenvalue weighted by Crippen LogP contribution is 2.10. The molecule has 17 heavy (non-hydrogen) atoms. The highest BCUT2D eigenvalue weighted by atomic mass is 79.9. The Kier molecular flexibility index (Phi) is 4.34. The van der Waals surface area contributed by atoms with Crippen LogP contribution in [-0.4, -0.2) is 16.3 Å². The third-order valence-corrected chi connectivity index (χ3v) is 3.25. The summed E-state index contributed by atoms with van der Waals surface area (Å²) in [7, 11) is 1.98. The number of benzene rings is 1. The van der Waals surface area contributed by atoms with Crippen molar-refractivity contribution in [3.63, 3.8) is 0 Å². The molecule has 0 unspecified atom stereocenters. The third-order valence-electron chi connectivity index (χ3n) is 2.72. The molecule has 0 aliphatic rings. The van der Waals surface area contributed by atoms with Crippen LogP contribution < -0.4 is 5.32 Å². The van der Waals surface area contributed by atoms with E-state index in [1.807, 2.05) is 17.9 Å². The zero-order chi connectivity index (χ0) is 12.1. The van der Waals surface area contributed by atoms with E-state index in [0.29, 0.717) is 0 Å². The molecule has 3 nitrogen and oxygen atoms in total. The number of hydrogen-bond donors (Lipinski definition) is 1. The van der Waals surface area contributed by atoms with Crippen LogP contribution in [0, 0.1) is 0 Å². The largest absolute Gasteiger partial charge is 0.312 e. The van der Waals surface area contributed by atoms with Crippen LogP contribution in [0.25, 0.3) is 0 Å². The Labute approximate surface area is 110 Å². The monoisotopic (exact) mass is 293 g/mol. The van der Waals surface area contributed by atoms with E-state index in [0.717, 1.165) is 24.0 Å². The van der Waals surface area contributed by atoms with Gasteiger partial charge in [-0.15, -0.1) is 0 Å². The number of rotatable bonds is 5. The Morgan fingerprint density at radius 1 is 1.24 bits per heavy atom. The van der Waals surface area contributed by atoms with Gasteiger partial charge < -0.3 is 5.32 Å². The smallest absolute Gasteiger partial charge is 0.0492 e. The van der Waals surface area contributed by atoms with Gasteiger partial charge in [0.2, 0.25) is 0 Å². The average molecular weight is 294 g/mol. The van der Waals surface area contributed by atoms with Crippen molar-refractivity contribution in [1.82, 2.24) is 15.1 Å². The lowest BCUT2D eigenvalue weighted by Crippen LogP contribution is -2.17. The molecule has 2 rings (SSSR count). The zero-order valence-corrected chi connectivity index (χ0v) is 11.4. The van der Waals surface area contributed by atoms with Crippen LogP contribution in [0.1, 0.15) is 11.3 Å². The lowest BCUT2D eigenvalue weighted by atomic mass is 10.2. The van der Waals surface area contributed by atoms with E-state index < -0.39 is 0 Å². The first-order valence-corrected chi connectivity index (χ1v) is 6.47. The summed E-state index contributed by atoms with van der Waals surface area (Å²) < 4.78 is 3.04. The topological polar surface area (TPSA) is 29.9 Å². The molecule has 1 heterocycles. The SMILES string of the molecule is Cn1nccc1CCNCc1ccc(Br)cc1. The number of nitrogens with one attached hydrogen (secondary N) is 1. The van der Waals surface area contributed by atoms with Crippen LogP contribution in [-0.2, 0) is 20.0 Å². The van der Waals surface area contributed by atoms with Gasteiger partial charge in [0.15, 0.2) is 0 Å². The molecule has 0 saturated heterocycles. The first kappa shape index (κ1) is 12.3. The third kappa shape index (κ3) is 3.68. The fraction of sp³-hybridized carbons (Fsp3) is 0.308. The van der Waals surface area contributed by atoms with Gasteiger partial charge in [0, 0.05) is 42.9 Å². The van der Waals surface area contributed by atoms with Crippen LogP contribution in [0.3, 0.4) is 0 Å². The van der Waals surface area contributed by atoms with Crippen molar-refractivity contribution < 1.29 is 0 Å². The molecule has 0 aliphatic carbocycles. The highest BCUT2D eigenvalue weighted by Gasteiger charge is 1.98. The van der Waals surface area contributed by atoms with Crippen LogP contribution >= 0.6 is 15.9 Å². The van der Waals surface area contributed by atoms with Crippen molar-refractivity contribution >= 4 is 15.9 Å². The molecule has 1 aromatic heterocycles. The lowest BCUT2D eigenvalue weighted by Gasteiger charge is -2.05. The van der Waals surface area contributed by atoms with Crippen LogP contribution in [0.2, 0.25) is 0 Å². The van der Waals surface area contributed by atoms with E-state index >= 15 is 0 Å². The Morgan fingerprint density at radius 2 is 2.00 bits per heavy atom. The molecular weight excluding hydrogens is 278 g/mol. The number of halogens is 1. The maximum absolute atomic E-state index is 4.15. The molecule has 0 atom stereocenters. The van der Waals surface area contributed by atoms with Gasteiger partial charge in [0.25, 0.3) is 0 Å². The lowest BCUT2D eigenvalue weighted by molar-refractivity contribution is 0.643. The highest BCUT2D eigenvalue weighted by molar-refractivity contribution is 9.10. The Bertz CT molecular complexity index is 462. The number of hydrogen-bond acceptors (Lipinski definition) is 2. The molecule has 90 valence electrons. The summed E-state index contributed by atoms with van der Waals surface area (Å²) in [5.74, 6) is 0. The second kappa shape index (κ2) is 5.98. The summed E-state index contributed by atoms with van der Waals surface area (Å²) in [5, 5.41) is 7.58. The van der Waals surface area contributed by atoms with Gasteiger partial charge in [0.1, 0.15) is 0 Å². The number of aromatic nitrogens is 2.